The zero-order valence-electron chi connectivity index (χ0n) is 41.0. The third kappa shape index (κ3) is 118. The second-order valence-corrected chi connectivity index (χ2v) is 19.4. The Hall–Kier alpha value is -1.95. The molecule has 1 fully saturated rings. The number of Topliss-reactive ketones (excluding diaryl/α,β-unsaturated/α-hetero) is 1. The summed E-state index contributed by atoms with van der Waals surface area (Å²) in [6.07, 6.45) is 24.7. The Kier molecular flexibility index (Phi) is 83.9. The molecule has 15 nitrogen and oxygen atoms in total. The van der Waals surface area contributed by atoms with Crippen molar-refractivity contribution in [2.75, 3.05) is 127 Å². The lowest BCUT2D eigenvalue weighted by molar-refractivity contribution is -0.121. The summed E-state index contributed by atoms with van der Waals surface area (Å²) < 4.78 is 58.1. The first-order valence-electron chi connectivity index (χ1n) is 18.3. The number of ketones is 1. The fourth-order valence-electron chi connectivity index (χ4n) is 2.19. The van der Waals surface area contributed by atoms with Gasteiger partial charge in [0.25, 0.3) is 10.1 Å². The molecule has 64 heavy (non-hydrogen) atoms. The summed E-state index contributed by atoms with van der Waals surface area (Å²) in [6.45, 7) is 17.0. The third-order valence-electron chi connectivity index (χ3n) is 4.81. The number of primary amides is 2. The standard InChI is InChI=1S/C7H14O.C7H12O.C5H8S.C4H6O3S.C4H8OS.C3H7NO2.C3H7NOS.C3H5NS.C3H8O3S.C2H5FS/c2*1-5-7(2,3)6-8-4;1-3-4-5-6-2;1-8-3-2-6-4(5)7-3;1-4(5)3-6-2;2*1-6-2-3(4)5;1-5-3-2-4;1-3-6-7(2,4)5;1-4-2-3/h5H,1,6H2,2-4H3;1H,6H2,2-4H3;1H,4-5H2,2H3;3H,2H2,1H3;3H2,1-2H3;2*2H2,1H3,(H2,4,5);3H2,1H3;3H2,1-2H3;2H2,1H3. The van der Waals surface area contributed by atoms with Crippen molar-refractivity contribution in [3.8, 4) is 30.8 Å². The Morgan fingerprint density at radius 2 is 1.42 bits per heavy atom. The van der Waals surface area contributed by atoms with Gasteiger partial charge in [0.05, 0.1) is 49.4 Å². The van der Waals surface area contributed by atoms with Gasteiger partial charge < -0.3 is 35.2 Å². The van der Waals surface area contributed by atoms with Crippen molar-refractivity contribution in [2.24, 2.45) is 22.3 Å². The zero-order chi connectivity index (χ0) is 52.5. The van der Waals surface area contributed by atoms with Crippen molar-refractivity contribution in [1.82, 2.24) is 0 Å². The van der Waals surface area contributed by atoms with E-state index in [1.54, 1.807) is 69.6 Å². The fourth-order valence-corrected chi connectivity index (χ4v) is 4.14. The summed E-state index contributed by atoms with van der Waals surface area (Å²) in [5, 5.41) is 7.80. The molecule has 1 rings (SSSR count). The Morgan fingerprint density at radius 3 is 1.50 bits per heavy atom. The van der Waals surface area contributed by atoms with Gasteiger partial charge in [0.15, 0.2) is 5.44 Å². The van der Waals surface area contributed by atoms with E-state index in [-0.39, 0.29) is 47.2 Å². The summed E-state index contributed by atoms with van der Waals surface area (Å²) in [5.74, 6) is 7.52. The number of hydrogen-bond acceptors (Lipinski definition) is 19. The highest BCUT2D eigenvalue weighted by atomic mass is 32.2. The van der Waals surface area contributed by atoms with Crippen LogP contribution in [0.2, 0.25) is 0 Å². The lowest BCUT2D eigenvalue weighted by atomic mass is 9.96. The highest BCUT2D eigenvalue weighted by Gasteiger charge is 2.23. The van der Waals surface area contributed by atoms with E-state index in [1.807, 2.05) is 51.0 Å². The van der Waals surface area contributed by atoms with Crippen LogP contribution in [0.25, 0.3) is 0 Å². The van der Waals surface area contributed by atoms with E-state index in [9.17, 15) is 32.0 Å². The summed E-state index contributed by atoms with van der Waals surface area (Å²) in [5.41, 5.74) is 9.33. The number of carbonyl (C=O) groups excluding carboxylic acids is 4. The van der Waals surface area contributed by atoms with Crippen molar-refractivity contribution >= 4 is 104 Å². The molecule has 4 N–H and O–H groups in total. The molecule has 380 valence electrons. The van der Waals surface area contributed by atoms with Gasteiger partial charge in [0.1, 0.15) is 25.0 Å². The molecule has 0 aromatic heterocycles. The molecule has 23 heteroatoms. The van der Waals surface area contributed by atoms with Crippen LogP contribution < -0.4 is 11.5 Å². The number of nitrogens with two attached hydrogens (primary N) is 2. The number of nitriles is 1. The summed E-state index contributed by atoms with van der Waals surface area (Å²) in [4.78, 5) is 39.7. The molecular weight excluding hydrogens is 970 g/mol. The number of alkyl halides is 1. The number of thioether (sulfide) groups is 6. The quantitative estimate of drug-likeness (QED) is 0.0448. The lowest BCUT2D eigenvalue weighted by Gasteiger charge is -2.16. The van der Waals surface area contributed by atoms with Crippen LogP contribution in [0.3, 0.4) is 0 Å². The first-order valence-corrected chi connectivity index (χ1v) is 28.4. The fraction of sp³-hybridized carbons (Fsp3) is 0.732. The van der Waals surface area contributed by atoms with Crippen molar-refractivity contribution in [1.29, 1.82) is 5.26 Å². The minimum absolute atomic E-state index is 0.0139. The maximum atomic E-state index is 10.7. The van der Waals surface area contributed by atoms with Crippen LogP contribution in [0.15, 0.2) is 12.7 Å². The van der Waals surface area contributed by atoms with Gasteiger partial charge in [-0.15, -0.1) is 48.9 Å². The molecule has 0 radical (unpaired) electrons. The molecule has 1 aliphatic rings. The van der Waals surface area contributed by atoms with Crippen molar-refractivity contribution < 1.29 is 59.9 Å². The maximum Gasteiger partial charge on any atom is 0.509 e. The average molecular weight is 1050 g/mol. The molecule has 2 amide bonds. The van der Waals surface area contributed by atoms with Gasteiger partial charge in [-0.05, 0) is 65.2 Å². The largest absolute Gasteiger partial charge is 0.509 e. The molecule has 0 aromatic carbocycles. The SMILES string of the molecule is C#CC(C)(C)COC.C#CCCSC.C=CC(C)(C)COC.CCOS(C)(=O)=O.COCC(N)=O.CSC1COC(=O)O1.CSCC#N.CSCC(C)=O.CSCC(N)=O.CSCF. The number of rotatable bonds is 18. The molecule has 1 heterocycles. The minimum atomic E-state index is -3.17. The molecule has 1 saturated heterocycles. The number of cyclic esters (lactones) is 2. The van der Waals surface area contributed by atoms with Crippen LogP contribution in [0.4, 0.5) is 9.18 Å². The van der Waals surface area contributed by atoms with E-state index < -0.39 is 22.2 Å². The number of methoxy groups -OCH3 is 3. The summed E-state index contributed by atoms with van der Waals surface area (Å²) >= 11 is 8.98. The summed E-state index contributed by atoms with van der Waals surface area (Å²) in [6, 6.07) is 1.72. The smallest absolute Gasteiger partial charge is 0.429 e. The highest BCUT2D eigenvalue weighted by molar-refractivity contribution is 8.00. The molecule has 0 bridgehead atoms. The summed E-state index contributed by atoms with van der Waals surface area (Å²) in [7, 11) is 1.60. The van der Waals surface area contributed by atoms with E-state index >= 15 is 0 Å². The molecule has 0 saturated carbocycles. The van der Waals surface area contributed by atoms with Gasteiger partial charge in [-0.1, -0.05) is 25.8 Å². The highest BCUT2D eigenvalue weighted by Crippen LogP contribution is 2.16. The number of nitrogens with zero attached hydrogens (tertiary/aromatic N) is 1. The van der Waals surface area contributed by atoms with Gasteiger partial charge in [-0.25, -0.2) is 9.18 Å². The van der Waals surface area contributed by atoms with Crippen LogP contribution in [0.5, 0.6) is 0 Å². The normalized spacial score (nSPS) is 11.4. The second-order valence-electron chi connectivity index (χ2n) is 12.4. The third-order valence-corrected chi connectivity index (χ3v) is 8.75. The Labute approximate surface area is 413 Å². The Balaban J connectivity index is -0.0000000755. The van der Waals surface area contributed by atoms with E-state index in [2.05, 4.69) is 62.7 Å². The Morgan fingerprint density at radius 1 is 0.922 bits per heavy atom. The number of ether oxygens (including phenoxy) is 5. The topological polar surface area (TPSA) is 234 Å². The average Bonchev–Trinajstić information content (AvgIpc) is 3.64. The molecule has 1 aliphatic heterocycles. The van der Waals surface area contributed by atoms with Gasteiger partial charge in [0, 0.05) is 44.3 Å². The van der Waals surface area contributed by atoms with Crippen LogP contribution in [-0.4, -0.2) is 165 Å². The van der Waals surface area contributed by atoms with Gasteiger partial charge in [0.2, 0.25) is 11.8 Å². The number of halogens is 1. The molecule has 0 aliphatic carbocycles. The molecule has 1 atom stereocenters. The predicted molar refractivity (Wildman–Crippen MR) is 280 cm³/mol. The number of hydrogen-bond donors (Lipinski definition) is 2. The lowest BCUT2D eigenvalue weighted by Crippen LogP contribution is -2.16. The van der Waals surface area contributed by atoms with Crippen LogP contribution in [-0.2, 0) is 52.4 Å². The maximum absolute atomic E-state index is 10.7. The molecule has 0 spiro atoms. The van der Waals surface area contributed by atoms with Gasteiger partial charge in [-0.3, -0.25) is 18.6 Å². The van der Waals surface area contributed by atoms with Crippen molar-refractivity contribution in [2.45, 2.75) is 53.4 Å². The first-order chi connectivity index (χ1) is 29.7. The van der Waals surface area contributed by atoms with Crippen LogP contribution >= 0.6 is 70.6 Å². The number of amides is 2. The zero-order valence-corrected chi connectivity index (χ0v) is 46.7. The van der Waals surface area contributed by atoms with Crippen molar-refractivity contribution in [3.05, 3.63) is 12.7 Å². The number of terminal acetylenes is 2. The number of carbonyl (C=O) groups is 4. The van der Waals surface area contributed by atoms with Gasteiger partial charge >= 0.3 is 6.16 Å². The van der Waals surface area contributed by atoms with Crippen LogP contribution in [0.1, 0.15) is 48.0 Å². The van der Waals surface area contributed by atoms with E-state index in [0.717, 1.165) is 25.0 Å². The predicted octanol–water partition coefficient (Wildman–Crippen LogP) is 7.38. The van der Waals surface area contributed by atoms with Crippen molar-refractivity contribution in [3.63, 3.8) is 0 Å². The van der Waals surface area contributed by atoms with Gasteiger partial charge in [-0.2, -0.15) is 60.7 Å². The van der Waals surface area contributed by atoms with E-state index in [1.165, 1.54) is 42.4 Å². The molecule has 0 aromatic rings. The molecule has 1 unspecified atom stereocenters. The minimum Gasteiger partial charge on any atom is -0.429 e. The first kappa shape index (κ1) is 82.2. The molecular formula is C41H80FN3O12S7. The van der Waals surface area contributed by atoms with E-state index in [0.29, 0.717) is 30.5 Å². The Bertz CT molecular complexity index is 1270. The second kappa shape index (κ2) is 65.3. The van der Waals surface area contributed by atoms with E-state index in [4.69, 9.17) is 33.3 Å². The van der Waals surface area contributed by atoms with Crippen LogP contribution in [0, 0.1) is 46.8 Å². The monoisotopic (exact) mass is 1050 g/mol.